The summed E-state index contributed by atoms with van der Waals surface area (Å²) in [4.78, 5) is 25.4. The van der Waals surface area contributed by atoms with Crippen molar-refractivity contribution < 1.29 is 9.59 Å². The Balaban J connectivity index is 2.27. The molecule has 0 atom stereocenters. The second-order valence-electron chi connectivity index (χ2n) is 5.28. The van der Waals surface area contributed by atoms with Gasteiger partial charge in [0.05, 0.1) is 0 Å². The molecule has 2 amide bonds. The van der Waals surface area contributed by atoms with E-state index in [0.29, 0.717) is 6.54 Å². The Morgan fingerprint density at radius 1 is 1.10 bits per heavy atom. The van der Waals surface area contributed by atoms with E-state index in [1.165, 1.54) is 5.56 Å². The predicted molar refractivity (Wildman–Crippen MR) is 85.2 cm³/mol. The second-order valence-corrected chi connectivity index (χ2v) is 5.28. The van der Waals surface area contributed by atoms with Crippen molar-refractivity contribution in [2.75, 3.05) is 32.5 Å². The van der Waals surface area contributed by atoms with Gasteiger partial charge in [-0.1, -0.05) is 19.1 Å². The van der Waals surface area contributed by atoms with Gasteiger partial charge in [0, 0.05) is 12.2 Å². The minimum Gasteiger partial charge on any atom is -0.356 e. The highest BCUT2D eigenvalue weighted by atomic mass is 16.2. The molecule has 0 saturated heterocycles. The number of benzene rings is 1. The summed E-state index contributed by atoms with van der Waals surface area (Å²) >= 11 is 0. The maximum atomic E-state index is 11.7. The van der Waals surface area contributed by atoms with E-state index < -0.39 is 0 Å². The van der Waals surface area contributed by atoms with Crippen molar-refractivity contribution in [1.29, 1.82) is 0 Å². The molecule has 0 bridgehead atoms. The summed E-state index contributed by atoms with van der Waals surface area (Å²) in [5, 5.41) is 5.47. The molecular weight excluding hydrogens is 266 g/mol. The maximum Gasteiger partial charge on any atom is 0.233 e. The summed E-state index contributed by atoms with van der Waals surface area (Å²) in [5.74, 6) is -0.527. The van der Waals surface area contributed by atoms with E-state index in [-0.39, 0.29) is 18.2 Å². The first-order chi connectivity index (χ1) is 10.0. The molecule has 116 valence electrons. The summed E-state index contributed by atoms with van der Waals surface area (Å²) in [7, 11) is 3.97. The molecule has 0 aliphatic rings. The molecular formula is C16H25N3O2. The highest BCUT2D eigenvalue weighted by molar-refractivity contribution is 6.03. The third-order valence-electron chi connectivity index (χ3n) is 3.07. The van der Waals surface area contributed by atoms with Crippen LogP contribution in [0.5, 0.6) is 0 Å². The summed E-state index contributed by atoms with van der Waals surface area (Å²) < 4.78 is 0. The number of carbonyl (C=O) groups excluding carboxylic acids is 2. The molecule has 0 radical (unpaired) electrons. The first kappa shape index (κ1) is 17.2. The number of carbonyl (C=O) groups is 2. The van der Waals surface area contributed by atoms with Crippen LogP contribution >= 0.6 is 0 Å². The Morgan fingerprint density at radius 2 is 1.76 bits per heavy atom. The number of nitrogens with one attached hydrogen (secondary N) is 2. The quantitative estimate of drug-likeness (QED) is 0.565. The van der Waals surface area contributed by atoms with E-state index >= 15 is 0 Å². The van der Waals surface area contributed by atoms with E-state index in [0.717, 1.165) is 25.1 Å². The standard InChI is InChI=1S/C16H25N3O2/c1-4-13-6-8-14(9-7-13)18-16(21)12-15(20)17-10-5-11-19(2)3/h6-9H,4-5,10-12H2,1-3H3,(H,17,20)(H,18,21). The van der Waals surface area contributed by atoms with Gasteiger partial charge in [-0.25, -0.2) is 0 Å². The molecule has 1 aromatic carbocycles. The Bertz CT molecular complexity index is 455. The van der Waals surface area contributed by atoms with Crippen LogP contribution in [0.3, 0.4) is 0 Å². The van der Waals surface area contributed by atoms with Gasteiger partial charge >= 0.3 is 0 Å². The fourth-order valence-electron chi connectivity index (χ4n) is 1.86. The van der Waals surface area contributed by atoms with Crippen LogP contribution in [0.1, 0.15) is 25.3 Å². The van der Waals surface area contributed by atoms with Crippen molar-refractivity contribution in [2.24, 2.45) is 0 Å². The van der Waals surface area contributed by atoms with E-state index in [4.69, 9.17) is 0 Å². The third-order valence-corrected chi connectivity index (χ3v) is 3.07. The lowest BCUT2D eigenvalue weighted by Gasteiger charge is -2.10. The first-order valence-corrected chi connectivity index (χ1v) is 7.31. The van der Waals surface area contributed by atoms with Gasteiger partial charge in [0.15, 0.2) is 0 Å². The maximum absolute atomic E-state index is 11.7. The fourth-order valence-corrected chi connectivity index (χ4v) is 1.86. The largest absolute Gasteiger partial charge is 0.356 e. The van der Waals surface area contributed by atoms with Gasteiger partial charge in [-0.15, -0.1) is 0 Å². The van der Waals surface area contributed by atoms with Crippen LogP contribution in [0.2, 0.25) is 0 Å². The summed E-state index contributed by atoms with van der Waals surface area (Å²) in [6, 6.07) is 7.64. The SMILES string of the molecule is CCc1ccc(NC(=O)CC(=O)NCCCN(C)C)cc1. The Kier molecular flexibility index (Phi) is 7.46. The molecule has 5 nitrogen and oxygen atoms in total. The van der Waals surface area contributed by atoms with Crippen molar-refractivity contribution in [2.45, 2.75) is 26.2 Å². The van der Waals surface area contributed by atoms with Gasteiger partial charge in [-0.2, -0.15) is 0 Å². The average molecular weight is 291 g/mol. The number of hydrogen-bond donors (Lipinski definition) is 2. The molecule has 0 heterocycles. The molecule has 0 spiro atoms. The van der Waals surface area contributed by atoms with Crippen LogP contribution < -0.4 is 10.6 Å². The van der Waals surface area contributed by atoms with Crippen LogP contribution in [0, 0.1) is 0 Å². The van der Waals surface area contributed by atoms with Crippen LogP contribution in [-0.4, -0.2) is 43.9 Å². The van der Waals surface area contributed by atoms with Crippen molar-refractivity contribution >= 4 is 17.5 Å². The lowest BCUT2D eigenvalue weighted by atomic mass is 10.1. The van der Waals surface area contributed by atoms with E-state index in [1.807, 2.05) is 38.4 Å². The smallest absolute Gasteiger partial charge is 0.233 e. The monoisotopic (exact) mass is 291 g/mol. The number of amides is 2. The zero-order valence-electron chi connectivity index (χ0n) is 13.1. The number of hydrogen-bond acceptors (Lipinski definition) is 3. The molecule has 0 aliphatic heterocycles. The molecule has 0 unspecified atom stereocenters. The average Bonchev–Trinajstić information content (AvgIpc) is 2.44. The highest BCUT2D eigenvalue weighted by Crippen LogP contribution is 2.10. The van der Waals surface area contributed by atoms with E-state index in [1.54, 1.807) is 0 Å². The summed E-state index contributed by atoms with van der Waals surface area (Å²) in [5.41, 5.74) is 1.93. The molecule has 0 aliphatic carbocycles. The summed E-state index contributed by atoms with van der Waals surface area (Å²) in [6.07, 6.45) is 1.69. The van der Waals surface area contributed by atoms with Crippen LogP contribution in [0.4, 0.5) is 5.69 Å². The van der Waals surface area contributed by atoms with Gasteiger partial charge in [0.25, 0.3) is 0 Å². The Morgan fingerprint density at radius 3 is 2.33 bits per heavy atom. The lowest BCUT2D eigenvalue weighted by molar-refractivity contribution is -0.126. The predicted octanol–water partition coefficient (Wildman–Crippen LogP) is 1.65. The molecule has 1 aromatic rings. The molecule has 0 saturated carbocycles. The highest BCUT2D eigenvalue weighted by Gasteiger charge is 2.09. The van der Waals surface area contributed by atoms with Crippen LogP contribution in [0.15, 0.2) is 24.3 Å². The van der Waals surface area contributed by atoms with Gasteiger partial charge in [-0.05, 0) is 51.2 Å². The van der Waals surface area contributed by atoms with Crippen LogP contribution in [0.25, 0.3) is 0 Å². The fraction of sp³-hybridized carbons (Fsp3) is 0.500. The number of anilines is 1. The molecule has 5 heteroatoms. The first-order valence-electron chi connectivity index (χ1n) is 7.31. The van der Waals surface area contributed by atoms with Gasteiger partial charge in [-0.3, -0.25) is 9.59 Å². The van der Waals surface area contributed by atoms with E-state index in [9.17, 15) is 9.59 Å². The van der Waals surface area contributed by atoms with Gasteiger partial charge < -0.3 is 15.5 Å². The number of aryl methyl sites for hydroxylation is 1. The Hall–Kier alpha value is -1.88. The van der Waals surface area contributed by atoms with Gasteiger partial charge in [0.2, 0.25) is 11.8 Å². The normalized spacial score (nSPS) is 10.5. The second kappa shape index (κ2) is 9.13. The Labute approximate surface area is 126 Å². The van der Waals surface area contributed by atoms with Crippen molar-refractivity contribution in [3.8, 4) is 0 Å². The third kappa shape index (κ3) is 7.46. The summed E-state index contributed by atoms with van der Waals surface area (Å²) in [6.45, 7) is 3.58. The topological polar surface area (TPSA) is 61.4 Å². The molecule has 0 aromatic heterocycles. The number of rotatable bonds is 8. The minimum atomic E-state index is -0.288. The molecule has 0 fully saturated rings. The van der Waals surface area contributed by atoms with E-state index in [2.05, 4.69) is 22.5 Å². The zero-order valence-corrected chi connectivity index (χ0v) is 13.1. The van der Waals surface area contributed by atoms with Crippen molar-refractivity contribution in [3.63, 3.8) is 0 Å². The zero-order chi connectivity index (χ0) is 15.7. The number of nitrogens with zero attached hydrogens (tertiary/aromatic N) is 1. The van der Waals surface area contributed by atoms with Crippen molar-refractivity contribution in [3.05, 3.63) is 29.8 Å². The molecule has 2 N–H and O–H groups in total. The van der Waals surface area contributed by atoms with Crippen LogP contribution in [-0.2, 0) is 16.0 Å². The van der Waals surface area contributed by atoms with Gasteiger partial charge in [0.1, 0.15) is 6.42 Å². The molecule has 21 heavy (non-hydrogen) atoms. The molecule has 1 rings (SSSR count). The minimum absolute atomic E-state index is 0.141. The van der Waals surface area contributed by atoms with Crippen molar-refractivity contribution in [1.82, 2.24) is 10.2 Å². The lowest BCUT2D eigenvalue weighted by Crippen LogP contribution is -2.30.